The molecule has 0 fully saturated rings. The van der Waals surface area contributed by atoms with Crippen LogP contribution in [0.4, 0.5) is 8.78 Å². The zero-order chi connectivity index (χ0) is 12.4. The number of carbonyl (C=O) groups is 1. The minimum atomic E-state index is -2.88. The second kappa shape index (κ2) is 4.62. The molecule has 2 aromatic rings. The molecule has 0 amide bonds. The molecular formula is C10H8F2N2O2S. The van der Waals surface area contributed by atoms with Gasteiger partial charge in [0, 0.05) is 10.9 Å². The van der Waals surface area contributed by atoms with Gasteiger partial charge >= 0.3 is 12.5 Å². The Bertz CT molecular complexity index is 522. The van der Waals surface area contributed by atoms with Crippen LogP contribution >= 0.6 is 11.3 Å². The van der Waals surface area contributed by atoms with Gasteiger partial charge in [0.2, 0.25) is 0 Å². The fourth-order valence-corrected chi connectivity index (χ4v) is 2.00. The van der Waals surface area contributed by atoms with Crippen molar-refractivity contribution in [1.29, 1.82) is 0 Å². The van der Waals surface area contributed by atoms with E-state index in [-0.39, 0.29) is 5.69 Å². The van der Waals surface area contributed by atoms with Crippen molar-refractivity contribution in [2.45, 2.75) is 6.55 Å². The maximum atomic E-state index is 12.7. The monoisotopic (exact) mass is 258 g/mol. The fraction of sp³-hybridized carbons (Fsp3) is 0.200. The summed E-state index contributed by atoms with van der Waals surface area (Å²) >= 11 is 1.42. The Balaban J connectivity index is 2.48. The first kappa shape index (κ1) is 11.7. The van der Waals surface area contributed by atoms with Crippen molar-refractivity contribution in [3.63, 3.8) is 0 Å². The summed E-state index contributed by atoms with van der Waals surface area (Å²) in [7, 11) is 1.13. The Morgan fingerprint density at radius 1 is 1.59 bits per heavy atom. The summed E-state index contributed by atoms with van der Waals surface area (Å²) in [5, 5.41) is 7.26. The van der Waals surface area contributed by atoms with Gasteiger partial charge in [-0.05, 0) is 17.5 Å². The summed E-state index contributed by atoms with van der Waals surface area (Å²) in [5.74, 6) is -0.834. The van der Waals surface area contributed by atoms with Gasteiger partial charge in [0.05, 0.1) is 12.8 Å². The maximum Gasteiger partial charge on any atom is 0.356 e. The molecule has 2 heterocycles. The Morgan fingerprint density at radius 3 is 2.88 bits per heavy atom. The smallest absolute Gasteiger partial charge is 0.356 e. The molecule has 0 saturated heterocycles. The number of halogens is 2. The molecule has 0 aromatic carbocycles. The van der Waals surface area contributed by atoms with E-state index in [1.807, 2.05) is 0 Å². The zero-order valence-electron chi connectivity index (χ0n) is 8.76. The van der Waals surface area contributed by atoms with E-state index in [2.05, 4.69) is 9.84 Å². The molecule has 0 aliphatic carbocycles. The highest BCUT2D eigenvalue weighted by atomic mass is 32.1. The molecule has 0 N–H and O–H groups in total. The Kier molecular flexibility index (Phi) is 3.19. The summed E-state index contributed by atoms with van der Waals surface area (Å²) < 4.78 is 30.1. The van der Waals surface area contributed by atoms with Crippen LogP contribution in [0.2, 0.25) is 0 Å². The summed E-state index contributed by atoms with van der Waals surface area (Å²) in [6.07, 6.45) is 0. The molecule has 90 valence electrons. The second-order valence-corrected chi connectivity index (χ2v) is 3.92. The quantitative estimate of drug-likeness (QED) is 0.795. The number of methoxy groups -OCH3 is 1. The number of aromatic nitrogens is 2. The van der Waals surface area contributed by atoms with Crippen molar-refractivity contribution in [2.24, 2.45) is 0 Å². The van der Waals surface area contributed by atoms with Gasteiger partial charge in [-0.15, -0.1) is 0 Å². The van der Waals surface area contributed by atoms with Crippen LogP contribution in [0.5, 0.6) is 0 Å². The van der Waals surface area contributed by atoms with Crippen LogP contribution in [0, 0.1) is 0 Å². The number of carbonyl (C=O) groups excluding carboxylic acids is 1. The van der Waals surface area contributed by atoms with E-state index in [9.17, 15) is 13.6 Å². The predicted octanol–water partition coefficient (Wildman–Crippen LogP) is 2.79. The standard InChI is InChI=1S/C10H8F2N2O2S/c1-16-9(15)8-4-7(6-2-3-17-5-6)13-14(8)10(11)12/h2-5,10H,1H3. The molecule has 0 spiro atoms. The molecule has 0 radical (unpaired) electrons. The SMILES string of the molecule is COC(=O)c1cc(-c2ccsc2)nn1C(F)F. The molecule has 2 aromatic heterocycles. The lowest BCUT2D eigenvalue weighted by Crippen LogP contribution is -2.12. The molecule has 2 rings (SSSR count). The van der Waals surface area contributed by atoms with Crippen LogP contribution in [0.15, 0.2) is 22.9 Å². The van der Waals surface area contributed by atoms with Crippen molar-refractivity contribution in [3.8, 4) is 11.3 Å². The summed E-state index contributed by atoms with van der Waals surface area (Å²) in [4.78, 5) is 11.3. The van der Waals surface area contributed by atoms with E-state index >= 15 is 0 Å². The number of esters is 1. The van der Waals surface area contributed by atoms with Crippen molar-refractivity contribution in [3.05, 3.63) is 28.6 Å². The molecule has 0 unspecified atom stereocenters. The Labute approximate surface area is 99.4 Å². The molecular weight excluding hydrogens is 250 g/mol. The van der Waals surface area contributed by atoms with Gasteiger partial charge in [-0.2, -0.15) is 29.9 Å². The number of alkyl halides is 2. The van der Waals surface area contributed by atoms with E-state index < -0.39 is 12.5 Å². The first-order valence-electron chi connectivity index (χ1n) is 4.62. The van der Waals surface area contributed by atoms with Crippen LogP contribution in [-0.4, -0.2) is 22.9 Å². The lowest BCUT2D eigenvalue weighted by Gasteiger charge is -2.02. The third-order valence-electron chi connectivity index (χ3n) is 2.13. The summed E-state index contributed by atoms with van der Waals surface area (Å²) in [5.41, 5.74) is 0.759. The van der Waals surface area contributed by atoms with Crippen molar-refractivity contribution in [1.82, 2.24) is 9.78 Å². The van der Waals surface area contributed by atoms with E-state index in [4.69, 9.17) is 0 Å². The molecule has 4 nitrogen and oxygen atoms in total. The number of thiophene rings is 1. The second-order valence-electron chi connectivity index (χ2n) is 3.14. The van der Waals surface area contributed by atoms with Crippen LogP contribution < -0.4 is 0 Å². The highest BCUT2D eigenvalue weighted by Gasteiger charge is 2.21. The molecule has 0 bridgehead atoms. The number of hydrogen-bond donors (Lipinski definition) is 0. The van der Waals surface area contributed by atoms with Crippen molar-refractivity contribution >= 4 is 17.3 Å². The third kappa shape index (κ3) is 2.19. The number of rotatable bonds is 3. The van der Waals surface area contributed by atoms with Gasteiger partial charge in [-0.3, -0.25) is 0 Å². The van der Waals surface area contributed by atoms with Crippen LogP contribution in [0.1, 0.15) is 17.0 Å². The average Bonchev–Trinajstić information content (AvgIpc) is 2.95. The maximum absolute atomic E-state index is 12.7. The van der Waals surface area contributed by atoms with E-state index in [0.717, 1.165) is 7.11 Å². The van der Waals surface area contributed by atoms with Crippen LogP contribution in [-0.2, 0) is 4.74 Å². The lowest BCUT2D eigenvalue weighted by atomic mass is 10.2. The highest BCUT2D eigenvalue weighted by Crippen LogP contribution is 2.24. The molecule has 7 heteroatoms. The lowest BCUT2D eigenvalue weighted by molar-refractivity contribution is 0.0398. The highest BCUT2D eigenvalue weighted by molar-refractivity contribution is 7.08. The van der Waals surface area contributed by atoms with Crippen molar-refractivity contribution in [2.75, 3.05) is 7.11 Å². The van der Waals surface area contributed by atoms with Crippen molar-refractivity contribution < 1.29 is 18.3 Å². The number of nitrogens with zero attached hydrogens (tertiary/aromatic N) is 2. The third-order valence-corrected chi connectivity index (χ3v) is 2.82. The van der Waals surface area contributed by atoms with Gasteiger partial charge in [0.25, 0.3) is 0 Å². The Morgan fingerprint density at radius 2 is 2.35 bits per heavy atom. The largest absolute Gasteiger partial charge is 0.464 e. The molecule has 17 heavy (non-hydrogen) atoms. The fourth-order valence-electron chi connectivity index (χ4n) is 1.35. The van der Waals surface area contributed by atoms with E-state index in [1.165, 1.54) is 17.4 Å². The van der Waals surface area contributed by atoms with Gasteiger partial charge in [-0.25, -0.2) is 4.79 Å². The predicted molar refractivity (Wildman–Crippen MR) is 58.1 cm³/mol. The zero-order valence-corrected chi connectivity index (χ0v) is 9.58. The summed E-state index contributed by atoms with van der Waals surface area (Å²) in [6.45, 7) is -2.88. The van der Waals surface area contributed by atoms with Gasteiger partial charge in [0.15, 0.2) is 5.69 Å². The minimum Gasteiger partial charge on any atom is -0.464 e. The van der Waals surface area contributed by atoms with E-state index in [0.29, 0.717) is 15.9 Å². The minimum absolute atomic E-state index is 0.260. The van der Waals surface area contributed by atoms with Gasteiger partial charge in [-0.1, -0.05) is 0 Å². The normalized spacial score (nSPS) is 10.8. The molecule has 0 aliphatic rings. The van der Waals surface area contributed by atoms with Crippen LogP contribution in [0.25, 0.3) is 11.3 Å². The van der Waals surface area contributed by atoms with Gasteiger partial charge in [0.1, 0.15) is 0 Å². The molecule has 0 aliphatic heterocycles. The van der Waals surface area contributed by atoms with Gasteiger partial charge < -0.3 is 4.74 Å². The average molecular weight is 258 g/mol. The molecule has 0 atom stereocenters. The first-order chi connectivity index (χ1) is 8.13. The van der Waals surface area contributed by atoms with Crippen LogP contribution in [0.3, 0.4) is 0 Å². The number of ether oxygens (including phenoxy) is 1. The summed E-state index contributed by atoms with van der Waals surface area (Å²) in [6, 6.07) is 3.03. The first-order valence-corrected chi connectivity index (χ1v) is 5.56. The Hall–Kier alpha value is -1.76. The molecule has 0 saturated carbocycles. The topological polar surface area (TPSA) is 44.1 Å². The number of hydrogen-bond acceptors (Lipinski definition) is 4. The van der Waals surface area contributed by atoms with E-state index in [1.54, 1.807) is 16.8 Å².